The van der Waals surface area contributed by atoms with E-state index in [1.807, 2.05) is 12.1 Å². The Kier molecular flexibility index (Phi) is 3.46. The molecule has 0 saturated heterocycles. The molecular weight excluding hydrogens is 162 g/mol. The van der Waals surface area contributed by atoms with Crippen LogP contribution < -0.4 is 5.73 Å². The minimum absolute atomic E-state index is 0.272. The molecule has 1 aromatic carbocycles. The molecular formula is C11H17NO. The van der Waals surface area contributed by atoms with E-state index in [-0.39, 0.29) is 6.04 Å². The zero-order valence-corrected chi connectivity index (χ0v) is 8.20. The van der Waals surface area contributed by atoms with E-state index in [1.54, 1.807) is 6.92 Å². The van der Waals surface area contributed by atoms with Crippen LogP contribution in [0.4, 0.5) is 0 Å². The van der Waals surface area contributed by atoms with E-state index in [1.165, 1.54) is 5.56 Å². The summed E-state index contributed by atoms with van der Waals surface area (Å²) in [5.74, 6) is 0. The van der Waals surface area contributed by atoms with Gasteiger partial charge < -0.3 is 10.8 Å². The Morgan fingerprint density at radius 3 is 2.69 bits per heavy atom. The van der Waals surface area contributed by atoms with E-state index < -0.39 is 6.10 Å². The molecule has 3 N–H and O–H groups in total. The molecule has 0 bridgehead atoms. The smallest absolute Gasteiger partial charge is 0.0704 e. The molecule has 2 nitrogen and oxygen atoms in total. The molecule has 0 radical (unpaired) electrons. The molecule has 2 atom stereocenters. The van der Waals surface area contributed by atoms with Crippen LogP contribution >= 0.6 is 0 Å². The highest BCUT2D eigenvalue weighted by Crippen LogP contribution is 2.15. The molecule has 0 amide bonds. The van der Waals surface area contributed by atoms with E-state index >= 15 is 0 Å². The van der Waals surface area contributed by atoms with Crippen LogP contribution in [0.2, 0.25) is 0 Å². The van der Waals surface area contributed by atoms with Crippen molar-refractivity contribution in [2.24, 2.45) is 5.73 Å². The maximum absolute atomic E-state index is 9.31. The van der Waals surface area contributed by atoms with Crippen molar-refractivity contribution in [1.29, 1.82) is 0 Å². The minimum Gasteiger partial charge on any atom is -0.391 e. The Bertz CT molecular complexity index is 271. The summed E-state index contributed by atoms with van der Waals surface area (Å²) in [6, 6.07) is 7.79. The molecule has 0 aromatic heterocycles. The quantitative estimate of drug-likeness (QED) is 0.740. The first-order valence-corrected chi connectivity index (χ1v) is 4.67. The van der Waals surface area contributed by atoms with Gasteiger partial charge in [-0.25, -0.2) is 0 Å². The standard InChI is InChI=1S/C11H17NO/c1-3-9-5-4-6-10(7-9)11(12)8(2)13/h4-8,11,13H,3,12H2,1-2H3/t8-,11-/m0/s1. The van der Waals surface area contributed by atoms with E-state index in [9.17, 15) is 5.11 Å². The monoisotopic (exact) mass is 179 g/mol. The highest BCUT2D eigenvalue weighted by Gasteiger charge is 2.11. The van der Waals surface area contributed by atoms with Crippen molar-refractivity contribution in [3.63, 3.8) is 0 Å². The van der Waals surface area contributed by atoms with Gasteiger partial charge in [0.2, 0.25) is 0 Å². The van der Waals surface area contributed by atoms with Gasteiger partial charge in [0.05, 0.1) is 12.1 Å². The number of rotatable bonds is 3. The van der Waals surface area contributed by atoms with Gasteiger partial charge in [-0.05, 0) is 24.5 Å². The van der Waals surface area contributed by atoms with Crippen LogP contribution in [0.3, 0.4) is 0 Å². The third-order valence-electron chi connectivity index (χ3n) is 2.26. The van der Waals surface area contributed by atoms with Gasteiger partial charge in [0.25, 0.3) is 0 Å². The zero-order valence-electron chi connectivity index (χ0n) is 8.20. The van der Waals surface area contributed by atoms with Crippen molar-refractivity contribution < 1.29 is 5.11 Å². The fraction of sp³-hybridized carbons (Fsp3) is 0.455. The highest BCUT2D eigenvalue weighted by atomic mass is 16.3. The van der Waals surface area contributed by atoms with Gasteiger partial charge in [-0.15, -0.1) is 0 Å². The van der Waals surface area contributed by atoms with Gasteiger partial charge in [-0.2, -0.15) is 0 Å². The van der Waals surface area contributed by atoms with Gasteiger partial charge >= 0.3 is 0 Å². The van der Waals surface area contributed by atoms with Crippen molar-refractivity contribution in [2.75, 3.05) is 0 Å². The average Bonchev–Trinajstić information content (AvgIpc) is 2.16. The summed E-state index contributed by atoms with van der Waals surface area (Å²) >= 11 is 0. The normalized spacial score (nSPS) is 15.4. The lowest BCUT2D eigenvalue weighted by atomic mass is 10.0. The van der Waals surface area contributed by atoms with E-state index in [0.717, 1.165) is 12.0 Å². The van der Waals surface area contributed by atoms with Gasteiger partial charge in [-0.3, -0.25) is 0 Å². The maximum atomic E-state index is 9.31. The van der Waals surface area contributed by atoms with Crippen LogP contribution in [0, 0.1) is 0 Å². The fourth-order valence-corrected chi connectivity index (χ4v) is 1.30. The molecule has 72 valence electrons. The Morgan fingerprint density at radius 1 is 1.46 bits per heavy atom. The topological polar surface area (TPSA) is 46.2 Å². The molecule has 0 aliphatic heterocycles. The van der Waals surface area contributed by atoms with Crippen molar-refractivity contribution >= 4 is 0 Å². The van der Waals surface area contributed by atoms with E-state index in [0.29, 0.717) is 0 Å². The molecule has 2 heteroatoms. The number of benzene rings is 1. The van der Waals surface area contributed by atoms with Crippen molar-refractivity contribution in [1.82, 2.24) is 0 Å². The predicted octanol–water partition coefficient (Wildman–Crippen LogP) is 1.63. The summed E-state index contributed by atoms with van der Waals surface area (Å²) in [5.41, 5.74) is 8.08. The predicted molar refractivity (Wildman–Crippen MR) is 54.4 cm³/mol. The number of nitrogens with two attached hydrogens (primary N) is 1. The first-order valence-electron chi connectivity index (χ1n) is 4.67. The minimum atomic E-state index is -0.493. The number of aliphatic hydroxyl groups excluding tert-OH is 1. The zero-order chi connectivity index (χ0) is 9.84. The van der Waals surface area contributed by atoms with E-state index in [4.69, 9.17) is 5.73 Å². The number of hydrogen-bond donors (Lipinski definition) is 2. The second kappa shape index (κ2) is 4.40. The molecule has 1 aromatic rings. The van der Waals surface area contributed by atoms with Crippen LogP contribution in [-0.2, 0) is 6.42 Å². The Morgan fingerprint density at radius 2 is 2.15 bits per heavy atom. The van der Waals surface area contributed by atoms with Gasteiger partial charge in [0, 0.05) is 0 Å². The Labute approximate surface area is 79.4 Å². The number of aryl methyl sites for hydroxylation is 1. The molecule has 13 heavy (non-hydrogen) atoms. The second-order valence-electron chi connectivity index (χ2n) is 3.36. The van der Waals surface area contributed by atoms with Crippen molar-refractivity contribution in [3.8, 4) is 0 Å². The molecule has 0 aliphatic rings. The molecule has 0 fully saturated rings. The van der Waals surface area contributed by atoms with Gasteiger partial charge in [-0.1, -0.05) is 31.2 Å². The van der Waals surface area contributed by atoms with Gasteiger partial charge in [0.15, 0.2) is 0 Å². The summed E-state index contributed by atoms with van der Waals surface area (Å²) in [7, 11) is 0. The summed E-state index contributed by atoms with van der Waals surface area (Å²) in [4.78, 5) is 0. The van der Waals surface area contributed by atoms with Crippen LogP contribution in [-0.4, -0.2) is 11.2 Å². The SMILES string of the molecule is CCc1cccc([C@@H](N)[C@H](C)O)c1. The van der Waals surface area contributed by atoms with Crippen LogP contribution in [0.15, 0.2) is 24.3 Å². The first-order chi connectivity index (χ1) is 6.15. The number of aliphatic hydroxyl groups is 1. The molecule has 0 spiro atoms. The third-order valence-corrected chi connectivity index (χ3v) is 2.26. The molecule has 0 unspecified atom stereocenters. The molecule has 0 heterocycles. The van der Waals surface area contributed by atoms with Gasteiger partial charge in [0.1, 0.15) is 0 Å². The Hall–Kier alpha value is -0.860. The van der Waals surface area contributed by atoms with E-state index in [2.05, 4.69) is 19.1 Å². The van der Waals surface area contributed by atoms with Crippen molar-refractivity contribution in [3.05, 3.63) is 35.4 Å². The second-order valence-corrected chi connectivity index (χ2v) is 3.36. The molecule has 0 saturated carbocycles. The Balaban J connectivity index is 2.88. The molecule has 0 aliphatic carbocycles. The summed E-state index contributed by atoms with van der Waals surface area (Å²) < 4.78 is 0. The largest absolute Gasteiger partial charge is 0.391 e. The first kappa shape index (κ1) is 10.2. The third kappa shape index (κ3) is 2.54. The summed E-state index contributed by atoms with van der Waals surface area (Å²) in [6.07, 6.45) is 0.507. The van der Waals surface area contributed by atoms with Crippen LogP contribution in [0.1, 0.15) is 31.0 Å². The maximum Gasteiger partial charge on any atom is 0.0704 e. The van der Waals surface area contributed by atoms with Crippen LogP contribution in [0.5, 0.6) is 0 Å². The van der Waals surface area contributed by atoms with Crippen molar-refractivity contribution in [2.45, 2.75) is 32.4 Å². The number of hydrogen-bond acceptors (Lipinski definition) is 2. The lowest BCUT2D eigenvalue weighted by Gasteiger charge is -2.15. The lowest BCUT2D eigenvalue weighted by Crippen LogP contribution is -2.23. The highest BCUT2D eigenvalue weighted by molar-refractivity contribution is 5.26. The summed E-state index contributed by atoms with van der Waals surface area (Å²) in [6.45, 7) is 3.82. The fourth-order valence-electron chi connectivity index (χ4n) is 1.30. The van der Waals surface area contributed by atoms with Crippen LogP contribution in [0.25, 0.3) is 0 Å². The summed E-state index contributed by atoms with van der Waals surface area (Å²) in [5, 5.41) is 9.31. The lowest BCUT2D eigenvalue weighted by molar-refractivity contribution is 0.164. The molecule has 1 rings (SSSR count). The average molecular weight is 179 g/mol.